The van der Waals surface area contributed by atoms with Crippen LogP contribution in [0.15, 0.2) is 18.2 Å². The van der Waals surface area contributed by atoms with E-state index in [4.69, 9.17) is 4.74 Å². The van der Waals surface area contributed by atoms with Crippen LogP contribution in [-0.2, 0) is 11.2 Å². The minimum absolute atomic E-state index is 0.0735. The summed E-state index contributed by atoms with van der Waals surface area (Å²) in [6.45, 7) is 4.30. The first-order valence-corrected chi connectivity index (χ1v) is 5.57. The minimum Gasteiger partial charge on any atom is -0.504 e. The summed E-state index contributed by atoms with van der Waals surface area (Å²) in [7, 11) is 0. The summed E-state index contributed by atoms with van der Waals surface area (Å²) < 4.78 is 5.29. The largest absolute Gasteiger partial charge is 0.504 e. The van der Waals surface area contributed by atoms with Crippen LogP contribution in [0.5, 0.6) is 11.5 Å². The van der Waals surface area contributed by atoms with Gasteiger partial charge in [0.05, 0.1) is 6.61 Å². The fourth-order valence-corrected chi connectivity index (χ4v) is 1.45. The molecule has 1 unspecified atom stereocenters. The van der Waals surface area contributed by atoms with Gasteiger partial charge in [-0.05, 0) is 37.5 Å². The summed E-state index contributed by atoms with van der Waals surface area (Å²) in [6, 6.07) is 5.32. The predicted octanol–water partition coefficient (Wildman–Crippen LogP) is 2.56. The maximum absolute atomic E-state index is 10.5. The molecule has 0 aliphatic carbocycles. The Morgan fingerprint density at radius 2 is 2.25 bits per heavy atom. The van der Waals surface area contributed by atoms with Crippen molar-refractivity contribution in [2.75, 3.05) is 6.61 Å². The lowest BCUT2D eigenvalue weighted by Gasteiger charge is -2.09. The van der Waals surface area contributed by atoms with Crippen molar-refractivity contribution in [3.05, 3.63) is 23.8 Å². The molecular formula is C13H18O3. The van der Waals surface area contributed by atoms with Gasteiger partial charge in [-0.15, -0.1) is 0 Å². The molecule has 0 spiro atoms. The van der Waals surface area contributed by atoms with Gasteiger partial charge in [0.2, 0.25) is 0 Å². The molecule has 0 fully saturated rings. The van der Waals surface area contributed by atoms with Crippen LogP contribution in [0, 0.1) is 5.92 Å². The number of rotatable bonds is 6. The number of benzene rings is 1. The maximum Gasteiger partial charge on any atom is 0.161 e. The van der Waals surface area contributed by atoms with Crippen molar-refractivity contribution in [1.82, 2.24) is 0 Å². The molecule has 0 saturated carbocycles. The quantitative estimate of drug-likeness (QED) is 0.752. The van der Waals surface area contributed by atoms with Gasteiger partial charge in [0.1, 0.15) is 6.29 Å². The molecule has 0 saturated heterocycles. The Kier molecular flexibility index (Phi) is 4.83. The van der Waals surface area contributed by atoms with E-state index in [0.29, 0.717) is 12.4 Å². The van der Waals surface area contributed by atoms with Gasteiger partial charge in [-0.2, -0.15) is 0 Å². The fraction of sp³-hybridized carbons (Fsp3) is 0.462. The number of carbonyl (C=O) groups is 1. The zero-order chi connectivity index (χ0) is 12.0. The SMILES string of the molecule is CCOc1cc(CCC(C)C=O)ccc1O. The normalized spacial score (nSPS) is 12.1. The van der Waals surface area contributed by atoms with Gasteiger partial charge in [0.15, 0.2) is 11.5 Å². The second-order valence-electron chi connectivity index (χ2n) is 3.89. The van der Waals surface area contributed by atoms with E-state index in [1.165, 1.54) is 0 Å². The number of hydrogen-bond donors (Lipinski definition) is 1. The van der Waals surface area contributed by atoms with Gasteiger partial charge < -0.3 is 14.6 Å². The van der Waals surface area contributed by atoms with Gasteiger partial charge in [-0.1, -0.05) is 13.0 Å². The molecular weight excluding hydrogens is 204 g/mol. The molecule has 16 heavy (non-hydrogen) atoms. The number of aryl methyl sites for hydroxylation is 1. The van der Waals surface area contributed by atoms with Crippen LogP contribution in [-0.4, -0.2) is 18.0 Å². The highest BCUT2D eigenvalue weighted by atomic mass is 16.5. The number of phenolic OH excluding ortho intramolecular Hbond substituents is 1. The van der Waals surface area contributed by atoms with Crippen molar-refractivity contribution < 1.29 is 14.6 Å². The van der Waals surface area contributed by atoms with E-state index < -0.39 is 0 Å². The number of aldehydes is 1. The molecule has 3 heteroatoms. The minimum atomic E-state index is 0.0735. The van der Waals surface area contributed by atoms with Crippen LogP contribution in [0.2, 0.25) is 0 Å². The standard InChI is InChI=1S/C13H18O3/c1-3-16-13-8-11(6-7-12(13)15)5-4-10(2)9-14/h6-10,15H,3-5H2,1-2H3. The van der Waals surface area contributed by atoms with Gasteiger partial charge in [0, 0.05) is 5.92 Å². The summed E-state index contributed by atoms with van der Waals surface area (Å²) in [5, 5.41) is 9.51. The first-order valence-electron chi connectivity index (χ1n) is 5.57. The molecule has 0 aromatic heterocycles. The third-order valence-corrected chi connectivity index (χ3v) is 2.44. The molecule has 1 aromatic rings. The average Bonchev–Trinajstić information content (AvgIpc) is 2.30. The summed E-state index contributed by atoms with van der Waals surface area (Å²) in [5.41, 5.74) is 1.08. The van der Waals surface area contributed by atoms with E-state index in [2.05, 4.69) is 0 Å². The number of hydrogen-bond acceptors (Lipinski definition) is 3. The summed E-state index contributed by atoms with van der Waals surface area (Å²) in [5.74, 6) is 0.747. The van der Waals surface area contributed by atoms with Gasteiger partial charge in [-0.25, -0.2) is 0 Å². The summed E-state index contributed by atoms with van der Waals surface area (Å²) in [4.78, 5) is 10.5. The second-order valence-corrected chi connectivity index (χ2v) is 3.89. The summed E-state index contributed by atoms with van der Waals surface area (Å²) >= 11 is 0. The highest BCUT2D eigenvalue weighted by Gasteiger charge is 2.05. The molecule has 0 aliphatic heterocycles. The average molecular weight is 222 g/mol. The maximum atomic E-state index is 10.5. The number of aromatic hydroxyl groups is 1. The van der Waals surface area contributed by atoms with E-state index in [1.807, 2.05) is 26.0 Å². The van der Waals surface area contributed by atoms with Crippen LogP contribution in [0.4, 0.5) is 0 Å². The molecule has 1 N–H and O–H groups in total. The zero-order valence-electron chi connectivity index (χ0n) is 9.77. The smallest absolute Gasteiger partial charge is 0.161 e. The second kappa shape index (κ2) is 6.16. The van der Waals surface area contributed by atoms with Gasteiger partial charge >= 0.3 is 0 Å². The molecule has 1 aromatic carbocycles. The highest BCUT2D eigenvalue weighted by Crippen LogP contribution is 2.27. The van der Waals surface area contributed by atoms with Gasteiger partial charge in [0.25, 0.3) is 0 Å². The highest BCUT2D eigenvalue weighted by molar-refractivity contribution is 5.52. The van der Waals surface area contributed by atoms with E-state index in [1.54, 1.807) is 6.07 Å². The third kappa shape index (κ3) is 3.57. The first-order chi connectivity index (χ1) is 7.67. The monoisotopic (exact) mass is 222 g/mol. The molecule has 0 radical (unpaired) electrons. The molecule has 88 valence electrons. The molecule has 0 amide bonds. The molecule has 0 heterocycles. The van der Waals surface area contributed by atoms with E-state index in [9.17, 15) is 9.90 Å². The van der Waals surface area contributed by atoms with E-state index in [-0.39, 0.29) is 11.7 Å². The van der Waals surface area contributed by atoms with Crippen molar-refractivity contribution in [3.8, 4) is 11.5 Å². The predicted molar refractivity (Wildman–Crippen MR) is 62.8 cm³/mol. The Morgan fingerprint density at radius 3 is 2.88 bits per heavy atom. The van der Waals surface area contributed by atoms with Crippen molar-refractivity contribution >= 4 is 6.29 Å². The number of ether oxygens (including phenoxy) is 1. The number of phenols is 1. The Labute approximate surface area is 96.1 Å². The lowest BCUT2D eigenvalue weighted by molar-refractivity contribution is -0.110. The third-order valence-electron chi connectivity index (χ3n) is 2.44. The van der Waals surface area contributed by atoms with Crippen molar-refractivity contribution in [2.45, 2.75) is 26.7 Å². The van der Waals surface area contributed by atoms with Crippen LogP contribution in [0.3, 0.4) is 0 Å². The van der Waals surface area contributed by atoms with E-state index in [0.717, 1.165) is 24.7 Å². The topological polar surface area (TPSA) is 46.5 Å². The molecule has 0 bridgehead atoms. The number of carbonyl (C=O) groups excluding carboxylic acids is 1. The molecule has 3 nitrogen and oxygen atoms in total. The van der Waals surface area contributed by atoms with Gasteiger partial charge in [-0.3, -0.25) is 0 Å². The zero-order valence-corrected chi connectivity index (χ0v) is 9.77. The lowest BCUT2D eigenvalue weighted by atomic mass is 10.0. The molecule has 1 rings (SSSR count). The summed E-state index contributed by atoms with van der Waals surface area (Å²) in [6.07, 6.45) is 2.60. The van der Waals surface area contributed by atoms with E-state index >= 15 is 0 Å². The van der Waals surface area contributed by atoms with Crippen LogP contribution in [0.1, 0.15) is 25.8 Å². The Bertz CT molecular complexity index is 347. The fourth-order valence-electron chi connectivity index (χ4n) is 1.45. The molecule has 1 atom stereocenters. The van der Waals surface area contributed by atoms with Crippen LogP contribution in [0.25, 0.3) is 0 Å². The lowest BCUT2D eigenvalue weighted by Crippen LogP contribution is -1.99. The van der Waals surface area contributed by atoms with Crippen LogP contribution < -0.4 is 4.74 Å². The first kappa shape index (κ1) is 12.6. The Balaban J connectivity index is 2.66. The van der Waals surface area contributed by atoms with Crippen molar-refractivity contribution in [1.29, 1.82) is 0 Å². The Morgan fingerprint density at radius 1 is 1.50 bits per heavy atom. The van der Waals surface area contributed by atoms with Crippen molar-refractivity contribution in [3.63, 3.8) is 0 Å². The van der Waals surface area contributed by atoms with Crippen LogP contribution >= 0.6 is 0 Å². The van der Waals surface area contributed by atoms with Crippen molar-refractivity contribution in [2.24, 2.45) is 5.92 Å². The molecule has 0 aliphatic rings. The Hall–Kier alpha value is -1.51.